The van der Waals surface area contributed by atoms with E-state index < -0.39 is 0 Å². The van der Waals surface area contributed by atoms with E-state index in [9.17, 15) is 9.59 Å². The second kappa shape index (κ2) is 9.34. The third-order valence-corrected chi connectivity index (χ3v) is 5.12. The van der Waals surface area contributed by atoms with Gasteiger partial charge in [-0.25, -0.2) is 4.98 Å². The Labute approximate surface area is 166 Å². The Morgan fingerprint density at radius 2 is 1.96 bits per heavy atom. The minimum absolute atomic E-state index is 0.0298. The molecule has 3 rings (SSSR count). The molecule has 8 nitrogen and oxygen atoms in total. The molecule has 0 aliphatic carbocycles. The second-order valence-corrected chi connectivity index (χ2v) is 7.66. The molecule has 1 N–H and O–H groups in total. The van der Waals surface area contributed by atoms with Crippen LogP contribution in [-0.4, -0.2) is 84.2 Å². The maximum atomic E-state index is 12.7. The number of carbonyl (C=O) groups excluding carboxylic acids is 2. The summed E-state index contributed by atoms with van der Waals surface area (Å²) in [5, 5.41) is 2.94. The number of carbonyl (C=O) groups is 2. The monoisotopic (exact) mass is 390 g/mol. The average Bonchev–Trinajstić information content (AvgIpc) is 3.20. The number of aromatic nitrogens is 1. The summed E-state index contributed by atoms with van der Waals surface area (Å²) in [7, 11) is 0. The molecule has 8 heteroatoms. The molecule has 2 fully saturated rings. The van der Waals surface area contributed by atoms with E-state index in [0.717, 1.165) is 6.42 Å². The normalized spacial score (nSPS) is 21.6. The number of amides is 2. The molecule has 1 aromatic rings. The summed E-state index contributed by atoms with van der Waals surface area (Å²) in [5.41, 5.74) is 0.550. The van der Waals surface area contributed by atoms with Crippen LogP contribution in [0.2, 0.25) is 0 Å². The van der Waals surface area contributed by atoms with Gasteiger partial charge in [-0.15, -0.1) is 0 Å². The fourth-order valence-electron chi connectivity index (χ4n) is 3.42. The molecule has 0 saturated carbocycles. The lowest BCUT2D eigenvalue weighted by Crippen LogP contribution is -2.55. The topological polar surface area (TPSA) is 84.0 Å². The highest BCUT2D eigenvalue weighted by atomic mass is 16.5. The molecule has 0 bridgehead atoms. The summed E-state index contributed by atoms with van der Waals surface area (Å²) >= 11 is 0. The SMILES string of the molecule is CC(C)NC(=O)C(C)N1CCN(C(=O)c2ccc(OC3CCOC3)nc2)CC1. The lowest BCUT2D eigenvalue weighted by Gasteiger charge is -2.37. The van der Waals surface area contributed by atoms with E-state index in [1.165, 1.54) is 0 Å². The Hall–Kier alpha value is -2.19. The van der Waals surface area contributed by atoms with Gasteiger partial charge in [-0.05, 0) is 26.8 Å². The van der Waals surface area contributed by atoms with E-state index in [1.54, 1.807) is 18.3 Å². The highest BCUT2D eigenvalue weighted by Crippen LogP contribution is 2.16. The highest BCUT2D eigenvalue weighted by molar-refractivity contribution is 5.94. The van der Waals surface area contributed by atoms with Crippen LogP contribution in [0.5, 0.6) is 5.88 Å². The number of hydrogen-bond acceptors (Lipinski definition) is 6. The molecule has 3 heterocycles. The zero-order valence-corrected chi connectivity index (χ0v) is 16.9. The zero-order chi connectivity index (χ0) is 20.1. The van der Waals surface area contributed by atoms with Crippen LogP contribution < -0.4 is 10.1 Å². The van der Waals surface area contributed by atoms with Crippen molar-refractivity contribution >= 4 is 11.8 Å². The molecular formula is C20H30N4O4. The minimum atomic E-state index is -0.197. The summed E-state index contributed by atoms with van der Waals surface area (Å²) in [5.74, 6) is 0.506. The average molecular weight is 390 g/mol. The Kier molecular flexibility index (Phi) is 6.85. The van der Waals surface area contributed by atoms with Crippen LogP contribution in [0, 0.1) is 0 Å². The molecule has 0 spiro atoms. The number of nitrogens with zero attached hydrogens (tertiary/aromatic N) is 3. The standard InChI is InChI=1S/C20H30N4O4/c1-14(2)22-19(25)15(3)23-7-9-24(10-8-23)20(26)16-4-5-18(21-12-16)28-17-6-11-27-13-17/h4-5,12,14-15,17H,6-11,13H2,1-3H3,(H,22,25). The van der Waals surface area contributed by atoms with Crippen molar-refractivity contribution in [1.29, 1.82) is 0 Å². The van der Waals surface area contributed by atoms with E-state index in [1.807, 2.05) is 25.7 Å². The van der Waals surface area contributed by atoms with Crippen LogP contribution in [0.4, 0.5) is 0 Å². The van der Waals surface area contributed by atoms with Gasteiger partial charge < -0.3 is 19.7 Å². The Morgan fingerprint density at radius 3 is 2.54 bits per heavy atom. The number of ether oxygens (including phenoxy) is 2. The van der Waals surface area contributed by atoms with Gasteiger partial charge in [-0.2, -0.15) is 0 Å². The third kappa shape index (κ3) is 5.20. The Morgan fingerprint density at radius 1 is 1.21 bits per heavy atom. The van der Waals surface area contributed by atoms with Gasteiger partial charge in [0, 0.05) is 50.9 Å². The van der Waals surface area contributed by atoms with E-state index in [0.29, 0.717) is 50.8 Å². The first-order valence-corrected chi connectivity index (χ1v) is 9.98. The molecule has 1 aromatic heterocycles. The van der Waals surface area contributed by atoms with Gasteiger partial charge in [0.1, 0.15) is 6.10 Å². The number of pyridine rings is 1. The fourth-order valence-corrected chi connectivity index (χ4v) is 3.42. The van der Waals surface area contributed by atoms with E-state index in [4.69, 9.17) is 9.47 Å². The van der Waals surface area contributed by atoms with Gasteiger partial charge in [-0.1, -0.05) is 0 Å². The minimum Gasteiger partial charge on any atom is -0.472 e. The predicted molar refractivity (Wildman–Crippen MR) is 104 cm³/mol. The van der Waals surface area contributed by atoms with Crippen LogP contribution in [-0.2, 0) is 9.53 Å². The molecule has 0 radical (unpaired) electrons. The van der Waals surface area contributed by atoms with Crippen molar-refractivity contribution in [1.82, 2.24) is 20.1 Å². The van der Waals surface area contributed by atoms with Gasteiger partial charge in [0.25, 0.3) is 5.91 Å². The lowest BCUT2D eigenvalue weighted by molar-refractivity contribution is -0.126. The molecular weight excluding hydrogens is 360 g/mol. The Balaban J connectivity index is 1.49. The van der Waals surface area contributed by atoms with Gasteiger partial charge in [0.2, 0.25) is 11.8 Å². The number of piperazine rings is 1. The van der Waals surface area contributed by atoms with Crippen molar-refractivity contribution in [2.75, 3.05) is 39.4 Å². The second-order valence-electron chi connectivity index (χ2n) is 7.66. The summed E-state index contributed by atoms with van der Waals surface area (Å²) < 4.78 is 11.0. The summed E-state index contributed by atoms with van der Waals surface area (Å²) in [4.78, 5) is 33.1. The fraction of sp³-hybridized carbons (Fsp3) is 0.650. The molecule has 0 aromatic carbocycles. The maximum Gasteiger partial charge on any atom is 0.255 e. The predicted octanol–water partition coefficient (Wildman–Crippen LogP) is 0.920. The molecule has 2 saturated heterocycles. The zero-order valence-electron chi connectivity index (χ0n) is 16.9. The first kappa shape index (κ1) is 20.5. The van der Waals surface area contributed by atoms with Gasteiger partial charge in [0.05, 0.1) is 24.8 Å². The smallest absolute Gasteiger partial charge is 0.255 e. The quantitative estimate of drug-likeness (QED) is 0.778. The van der Waals surface area contributed by atoms with Crippen molar-refractivity contribution in [2.45, 2.75) is 45.4 Å². The summed E-state index contributed by atoms with van der Waals surface area (Å²) in [6, 6.07) is 3.42. The number of hydrogen-bond donors (Lipinski definition) is 1. The van der Waals surface area contributed by atoms with Gasteiger partial charge in [-0.3, -0.25) is 14.5 Å². The van der Waals surface area contributed by atoms with Crippen molar-refractivity contribution in [3.8, 4) is 5.88 Å². The highest BCUT2D eigenvalue weighted by Gasteiger charge is 2.28. The van der Waals surface area contributed by atoms with Crippen molar-refractivity contribution in [2.24, 2.45) is 0 Å². The third-order valence-electron chi connectivity index (χ3n) is 5.12. The molecule has 2 unspecified atom stereocenters. The maximum absolute atomic E-state index is 12.7. The first-order valence-electron chi connectivity index (χ1n) is 9.98. The Bertz CT molecular complexity index is 665. The molecule has 2 aliphatic rings. The molecule has 2 amide bonds. The van der Waals surface area contributed by atoms with E-state index >= 15 is 0 Å². The molecule has 154 valence electrons. The van der Waals surface area contributed by atoms with Crippen molar-refractivity contribution < 1.29 is 19.1 Å². The van der Waals surface area contributed by atoms with Crippen molar-refractivity contribution in [3.05, 3.63) is 23.9 Å². The van der Waals surface area contributed by atoms with E-state index in [2.05, 4.69) is 15.2 Å². The van der Waals surface area contributed by atoms with Crippen LogP contribution in [0.1, 0.15) is 37.6 Å². The summed E-state index contributed by atoms with van der Waals surface area (Å²) in [6.07, 6.45) is 2.47. The molecule has 2 aliphatic heterocycles. The van der Waals surface area contributed by atoms with Crippen LogP contribution in [0.25, 0.3) is 0 Å². The van der Waals surface area contributed by atoms with Crippen LogP contribution in [0.3, 0.4) is 0 Å². The molecule has 2 atom stereocenters. The molecule has 28 heavy (non-hydrogen) atoms. The summed E-state index contributed by atoms with van der Waals surface area (Å²) in [6.45, 7) is 9.65. The van der Waals surface area contributed by atoms with Crippen molar-refractivity contribution in [3.63, 3.8) is 0 Å². The number of nitrogens with one attached hydrogen (secondary N) is 1. The van der Waals surface area contributed by atoms with Crippen LogP contribution in [0.15, 0.2) is 18.3 Å². The van der Waals surface area contributed by atoms with Gasteiger partial charge >= 0.3 is 0 Å². The van der Waals surface area contributed by atoms with Crippen LogP contribution >= 0.6 is 0 Å². The van der Waals surface area contributed by atoms with E-state index in [-0.39, 0.29) is 30.0 Å². The first-order chi connectivity index (χ1) is 13.4. The number of rotatable bonds is 6. The van der Waals surface area contributed by atoms with Gasteiger partial charge in [0.15, 0.2) is 0 Å². The lowest BCUT2D eigenvalue weighted by atomic mass is 10.2. The largest absolute Gasteiger partial charge is 0.472 e.